The molecule has 9 nitrogen and oxygen atoms in total. The molecule has 45 heavy (non-hydrogen) atoms. The SMILES string of the molecule is CC(C)(C)[Si](OC[C@@H](O)[C@H]1OC(=O)[C@H](OS(=O)(=O)C(F)(F)F)[C@H](O)[C@H]1OCc1ccccc1)(c1ccccc1)c1ccccc1. The van der Waals surface area contributed by atoms with E-state index in [0.29, 0.717) is 5.56 Å². The minimum absolute atomic E-state index is 0.225. The molecule has 0 unspecified atom stereocenters. The van der Waals surface area contributed by atoms with Crippen LogP contribution in [0, 0.1) is 0 Å². The van der Waals surface area contributed by atoms with Gasteiger partial charge in [-0.05, 0) is 21.0 Å². The Balaban J connectivity index is 1.67. The van der Waals surface area contributed by atoms with Crippen LogP contribution in [0.4, 0.5) is 13.2 Å². The highest BCUT2D eigenvalue weighted by molar-refractivity contribution is 7.87. The van der Waals surface area contributed by atoms with E-state index in [1.165, 1.54) is 0 Å². The van der Waals surface area contributed by atoms with Crippen LogP contribution in [-0.4, -0.2) is 75.6 Å². The van der Waals surface area contributed by atoms with E-state index in [1.807, 2.05) is 81.4 Å². The second-order valence-electron chi connectivity index (χ2n) is 11.6. The maximum absolute atomic E-state index is 13.1. The molecule has 1 saturated heterocycles. The van der Waals surface area contributed by atoms with Crippen LogP contribution in [-0.2, 0) is 39.6 Å². The maximum atomic E-state index is 13.1. The molecule has 0 aliphatic carbocycles. The number of carbonyl (C=O) groups is 1. The molecule has 0 saturated carbocycles. The van der Waals surface area contributed by atoms with E-state index in [4.69, 9.17) is 13.9 Å². The van der Waals surface area contributed by atoms with E-state index in [0.717, 1.165) is 10.4 Å². The van der Waals surface area contributed by atoms with E-state index in [-0.39, 0.29) is 6.61 Å². The third-order valence-corrected chi connectivity index (χ3v) is 13.6. The highest BCUT2D eigenvalue weighted by Crippen LogP contribution is 2.37. The zero-order valence-corrected chi connectivity index (χ0v) is 26.6. The summed E-state index contributed by atoms with van der Waals surface area (Å²) in [4.78, 5) is 12.8. The number of carbonyl (C=O) groups excluding carboxylic acids is 1. The Morgan fingerprint density at radius 2 is 1.38 bits per heavy atom. The van der Waals surface area contributed by atoms with E-state index in [2.05, 4.69) is 4.18 Å². The van der Waals surface area contributed by atoms with Crippen LogP contribution in [0.5, 0.6) is 0 Å². The van der Waals surface area contributed by atoms with Crippen LogP contribution >= 0.6 is 0 Å². The van der Waals surface area contributed by atoms with Gasteiger partial charge in [-0.3, -0.25) is 0 Å². The molecule has 1 aliphatic heterocycles. The lowest BCUT2D eigenvalue weighted by atomic mass is 9.96. The predicted molar refractivity (Wildman–Crippen MR) is 160 cm³/mol. The van der Waals surface area contributed by atoms with E-state index in [1.54, 1.807) is 30.3 Å². The number of aliphatic hydroxyl groups is 2. The predicted octanol–water partition coefficient (Wildman–Crippen LogP) is 3.03. The van der Waals surface area contributed by atoms with Gasteiger partial charge in [0.15, 0.2) is 6.10 Å². The first-order valence-electron chi connectivity index (χ1n) is 14.1. The first kappa shape index (κ1) is 34.8. The molecule has 14 heteroatoms. The first-order valence-corrected chi connectivity index (χ1v) is 17.4. The zero-order chi connectivity index (χ0) is 33.0. The Hall–Kier alpha value is -3.11. The standard InChI is InChI=1S/C31H35F3O9SSi/c1-30(2,3)45(22-15-9-5-10-16-22,23-17-11-6-12-18-23)41-20-24(35)26-27(40-19-21-13-7-4-8-14-21)25(36)28(29(37)42-26)43-44(38,39)31(32,33)34/h4-18,24-28,35-36H,19-20H2,1-3H3/t24-,25-,26-,27-,28-/m1/s1. The monoisotopic (exact) mass is 668 g/mol. The quantitative estimate of drug-likeness (QED) is 0.137. The van der Waals surface area contributed by atoms with Gasteiger partial charge >= 0.3 is 21.6 Å². The molecule has 0 radical (unpaired) electrons. The van der Waals surface area contributed by atoms with Crippen molar-refractivity contribution in [3.63, 3.8) is 0 Å². The van der Waals surface area contributed by atoms with Crippen molar-refractivity contribution in [1.82, 2.24) is 0 Å². The molecule has 0 bridgehead atoms. The fourth-order valence-corrected chi connectivity index (χ4v) is 10.5. The van der Waals surface area contributed by atoms with Gasteiger partial charge in [-0.1, -0.05) is 112 Å². The molecule has 2 N–H and O–H groups in total. The maximum Gasteiger partial charge on any atom is 0.523 e. The van der Waals surface area contributed by atoms with E-state index in [9.17, 15) is 36.6 Å². The Bertz CT molecular complexity index is 1480. The molecule has 1 heterocycles. The van der Waals surface area contributed by atoms with Gasteiger partial charge in [0, 0.05) is 0 Å². The van der Waals surface area contributed by atoms with E-state index < -0.39 is 72.1 Å². The average molecular weight is 669 g/mol. The molecule has 3 aromatic carbocycles. The van der Waals surface area contributed by atoms with Gasteiger partial charge in [-0.25, -0.2) is 8.98 Å². The normalized spacial score (nSPS) is 22.1. The number of halogens is 3. The van der Waals surface area contributed by atoms with Crippen LogP contribution in [0.1, 0.15) is 26.3 Å². The van der Waals surface area contributed by atoms with Crippen molar-refractivity contribution in [1.29, 1.82) is 0 Å². The molecule has 1 aliphatic rings. The summed E-state index contributed by atoms with van der Waals surface area (Å²) in [5.74, 6) is -1.62. The number of benzene rings is 3. The smallest absolute Gasteiger partial charge is 0.455 e. The molecular weight excluding hydrogens is 633 g/mol. The summed E-state index contributed by atoms with van der Waals surface area (Å²) in [6, 6.07) is 27.4. The minimum Gasteiger partial charge on any atom is -0.455 e. The summed E-state index contributed by atoms with van der Waals surface area (Å²) in [6.07, 6.45) is -9.89. The average Bonchev–Trinajstić information content (AvgIpc) is 2.99. The number of aliphatic hydroxyl groups excluding tert-OH is 2. The van der Waals surface area contributed by atoms with E-state index >= 15 is 0 Å². The van der Waals surface area contributed by atoms with Crippen LogP contribution in [0.15, 0.2) is 91.0 Å². The van der Waals surface area contributed by atoms with Gasteiger partial charge in [-0.2, -0.15) is 21.6 Å². The summed E-state index contributed by atoms with van der Waals surface area (Å²) in [5, 5.41) is 23.7. The Labute approximate surface area is 260 Å². The van der Waals surface area contributed by atoms with Gasteiger partial charge in [0.2, 0.25) is 6.10 Å². The van der Waals surface area contributed by atoms with Crippen molar-refractivity contribution in [3.05, 3.63) is 96.6 Å². The summed E-state index contributed by atoms with van der Waals surface area (Å²) in [5.41, 5.74) is -5.29. The molecule has 0 amide bonds. The summed E-state index contributed by atoms with van der Waals surface area (Å²) in [6.45, 7) is 5.35. The topological polar surface area (TPSA) is 129 Å². The number of hydrogen-bond donors (Lipinski definition) is 2. The fraction of sp³-hybridized carbons (Fsp3) is 0.387. The number of hydrogen-bond acceptors (Lipinski definition) is 9. The largest absolute Gasteiger partial charge is 0.523 e. The Kier molecular flexibility index (Phi) is 10.6. The summed E-state index contributed by atoms with van der Waals surface area (Å²) >= 11 is 0. The number of ether oxygens (including phenoxy) is 2. The molecule has 5 atom stereocenters. The molecule has 3 aromatic rings. The molecule has 0 aromatic heterocycles. The van der Waals surface area contributed by atoms with Crippen molar-refractivity contribution in [2.75, 3.05) is 6.61 Å². The Morgan fingerprint density at radius 1 is 0.889 bits per heavy atom. The summed E-state index contributed by atoms with van der Waals surface area (Å²) < 4.78 is 84.5. The molecule has 1 fully saturated rings. The lowest BCUT2D eigenvalue weighted by molar-refractivity contribution is -0.225. The van der Waals surface area contributed by atoms with Crippen LogP contribution in [0.3, 0.4) is 0 Å². The Morgan fingerprint density at radius 3 is 1.84 bits per heavy atom. The van der Waals surface area contributed by atoms with Gasteiger partial charge in [0.25, 0.3) is 8.32 Å². The fourth-order valence-electron chi connectivity index (χ4n) is 5.39. The molecule has 244 valence electrons. The second kappa shape index (κ2) is 13.7. The number of alkyl halides is 3. The highest BCUT2D eigenvalue weighted by atomic mass is 32.2. The lowest BCUT2D eigenvalue weighted by Crippen LogP contribution is -2.68. The van der Waals surface area contributed by atoms with Crippen molar-refractivity contribution in [2.45, 2.75) is 68.4 Å². The molecular formula is C31H35F3O9SSi. The third kappa shape index (κ3) is 7.48. The number of rotatable bonds is 11. The lowest BCUT2D eigenvalue weighted by Gasteiger charge is -2.45. The number of cyclic esters (lactones) is 1. The van der Waals surface area contributed by atoms with Gasteiger partial charge < -0.3 is 24.1 Å². The van der Waals surface area contributed by atoms with Gasteiger partial charge in [0.05, 0.1) is 13.2 Å². The van der Waals surface area contributed by atoms with Crippen molar-refractivity contribution >= 4 is 34.8 Å². The molecule has 0 spiro atoms. The van der Waals surface area contributed by atoms with Crippen LogP contribution < -0.4 is 10.4 Å². The minimum atomic E-state index is -6.30. The highest BCUT2D eigenvalue weighted by Gasteiger charge is 2.57. The van der Waals surface area contributed by atoms with Crippen molar-refractivity contribution in [2.24, 2.45) is 0 Å². The number of esters is 1. The zero-order valence-electron chi connectivity index (χ0n) is 24.8. The van der Waals surface area contributed by atoms with Crippen LogP contribution in [0.25, 0.3) is 0 Å². The third-order valence-electron chi connectivity index (χ3n) is 7.52. The van der Waals surface area contributed by atoms with Crippen LogP contribution in [0.2, 0.25) is 5.04 Å². The molecule has 4 rings (SSSR count). The van der Waals surface area contributed by atoms with Gasteiger partial charge in [0.1, 0.15) is 18.3 Å². The van der Waals surface area contributed by atoms with Crippen molar-refractivity contribution in [3.8, 4) is 0 Å². The summed E-state index contributed by atoms with van der Waals surface area (Å²) in [7, 11) is -9.50. The second-order valence-corrected chi connectivity index (χ2v) is 17.5. The van der Waals surface area contributed by atoms with Crippen molar-refractivity contribution < 1.29 is 54.7 Å². The van der Waals surface area contributed by atoms with Gasteiger partial charge in [-0.15, -0.1) is 0 Å². The first-order chi connectivity index (χ1) is 21.1.